The number of aromatic amines is 2. The van der Waals surface area contributed by atoms with Crippen molar-refractivity contribution in [1.82, 2.24) is 15.0 Å². The molecule has 0 saturated carbocycles. The third kappa shape index (κ3) is 3.50. The predicted octanol–water partition coefficient (Wildman–Crippen LogP) is 3.60. The summed E-state index contributed by atoms with van der Waals surface area (Å²) in [6, 6.07) is 15.5. The Labute approximate surface area is 154 Å². The maximum absolute atomic E-state index is 11.5. The number of fused-ring (bicyclic) bond motifs is 1. The molecule has 2 heterocycles. The number of H-pyrrole nitrogens is 2. The smallest absolute Gasteiger partial charge is 0.323 e. The number of benzene rings is 2. The van der Waals surface area contributed by atoms with Gasteiger partial charge in [0.1, 0.15) is 0 Å². The lowest BCUT2D eigenvalue weighted by molar-refractivity contribution is -0.136. The lowest BCUT2D eigenvalue weighted by Crippen LogP contribution is -1.99. The molecule has 0 aliphatic heterocycles. The molecule has 0 bridgehead atoms. The second-order valence-corrected chi connectivity index (χ2v) is 6.35. The van der Waals surface area contributed by atoms with Crippen molar-refractivity contribution in [2.45, 2.75) is 12.8 Å². The van der Waals surface area contributed by atoms with Crippen LogP contribution in [-0.4, -0.2) is 26.0 Å². The fourth-order valence-corrected chi connectivity index (χ4v) is 3.24. The number of aryl methyl sites for hydroxylation is 1. The van der Waals surface area contributed by atoms with Crippen molar-refractivity contribution in [3.63, 3.8) is 0 Å². The molecule has 27 heavy (non-hydrogen) atoms. The molecule has 2 aromatic heterocycles. The number of aliphatic carboxylic acids is 1. The molecule has 0 saturated heterocycles. The Balaban J connectivity index is 1.81. The highest BCUT2D eigenvalue weighted by molar-refractivity contribution is 5.83. The van der Waals surface area contributed by atoms with Crippen LogP contribution in [0.3, 0.4) is 0 Å². The third-order valence-electron chi connectivity index (χ3n) is 4.54. The first-order chi connectivity index (χ1) is 13.1. The maximum atomic E-state index is 11.5. The van der Waals surface area contributed by atoms with Gasteiger partial charge in [-0.3, -0.25) is 9.78 Å². The van der Waals surface area contributed by atoms with E-state index in [2.05, 4.69) is 15.0 Å². The van der Waals surface area contributed by atoms with E-state index in [0.717, 1.165) is 38.9 Å². The second-order valence-electron chi connectivity index (χ2n) is 6.35. The van der Waals surface area contributed by atoms with Crippen LogP contribution in [0.2, 0.25) is 0 Å². The van der Waals surface area contributed by atoms with Gasteiger partial charge < -0.3 is 15.1 Å². The first-order valence-electron chi connectivity index (χ1n) is 8.58. The number of carbonyl (C=O) groups is 1. The maximum Gasteiger partial charge on any atom is 0.323 e. The normalized spacial score (nSPS) is 11.0. The Kier molecular flexibility index (Phi) is 4.30. The molecule has 6 heteroatoms. The number of imidazole rings is 1. The van der Waals surface area contributed by atoms with E-state index in [4.69, 9.17) is 5.11 Å². The molecular weight excluding hydrogens is 342 g/mol. The van der Waals surface area contributed by atoms with E-state index in [1.54, 1.807) is 12.4 Å². The van der Waals surface area contributed by atoms with Crippen LogP contribution in [0.15, 0.2) is 65.7 Å². The van der Waals surface area contributed by atoms with Gasteiger partial charge in [0.05, 0.1) is 11.0 Å². The van der Waals surface area contributed by atoms with Gasteiger partial charge in [0.25, 0.3) is 0 Å². The van der Waals surface area contributed by atoms with Crippen LogP contribution >= 0.6 is 0 Å². The minimum atomic E-state index is -0.835. The monoisotopic (exact) mass is 359 g/mol. The number of nitrogens with zero attached hydrogens (tertiary/aromatic N) is 1. The Morgan fingerprint density at radius 3 is 2.56 bits per heavy atom. The second kappa shape index (κ2) is 6.92. The lowest BCUT2D eigenvalue weighted by Gasteiger charge is -2.12. The van der Waals surface area contributed by atoms with Crippen LogP contribution in [-0.2, 0) is 11.2 Å². The molecule has 0 atom stereocenters. The molecule has 0 aliphatic rings. The number of pyridine rings is 1. The third-order valence-corrected chi connectivity index (χ3v) is 4.54. The molecule has 134 valence electrons. The van der Waals surface area contributed by atoms with Crippen molar-refractivity contribution in [2.75, 3.05) is 0 Å². The number of hydrogen-bond acceptors (Lipinski definition) is 3. The van der Waals surface area contributed by atoms with Crippen molar-refractivity contribution >= 4 is 17.0 Å². The van der Waals surface area contributed by atoms with Crippen LogP contribution in [0.5, 0.6) is 0 Å². The van der Waals surface area contributed by atoms with Crippen molar-refractivity contribution < 1.29 is 9.90 Å². The summed E-state index contributed by atoms with van der Waals surface area (Å²) >= 11 is 0. The standard InChI is InChI=1S/C21H17N3O3/c25-20(26)8-5-14-10-13(16-2-1-9-22-12-16)3-6-17(14)15-4-7-18-19(11-15)24-21(27)23-18/h1-4,6-7,9-12H,5,8H2,(H,25,26)(H2,23,24,27). The summed E-state index contributed by atoms with van der Waals surface area (Å²) in [4.78, 5) is 32.2. The first-order valence-corrected chi connectivity index (χ1v) is 8.58. The molecule has 6 nitrogen and oxygen atoms in total. The highest BCUT2D eigenvalue weighted by Gasteiger charge is 2.11. The summed E-state index contributed by atoms with van der Waals surface area (Å²) in [6.45, 7) is 0. The van der Waals surface area contributed by atoms with Crippen LogP contribution in [0.4, 0.5) is 0 Å². The molecule has 0 amide bonds. The fourth-order valence-electron chi connectivity index (χ4n) is 3.24. The molecular formula is C21H17N3O3. The Bertz CT molecular complexity index is 1180. The largest absolute Gasteiger partial charge is 0.481 e. The van der Waals surface area contributed by atoms with E-state index in [9.17, 15) is 9.59 Å². The molecule has 0 aliphatic carbocycles. The number of aromatic nitrogens is 3. The number of rotatable bonds is 5. The molecule has 4 aromatic rings. The molecule has 2 aromatic carbocycles. The summed E-state index contributed by atoms with van der Waals surface area (Å²) in [5, 5.41) is 9.11. The van der Waals surface area contributed by atoms with Gasteiger partial charge in [-0.2, -0.15) is 0 Å². The number of nitrogens with one attached hydrogen (secondary N) is 2. The average Bonchev–Trinajstić information content (AvgIpc) is 3.06. The number of hydrogen-bond donors (Lipinski definition) is 3. The van der Waals surface area contributed by atoms with Gasteiger partial charge in [0.15, 0.2) is 0 Å². The van der Waals surface area contributed by atoms with Gasteiger partial charge in [-0.05, 0) is 52.4 Å². The summed E-state index contributed by atoms with van der Waals surface area (Å²) in [5.41, 5.74) is 6.00. The van der Waals surface area contributed by atoms with Gasteiger partial charge in [-0.25, -0.2) is 4.79 Å². The minimum Gasteiger partial charge on any atom is -0.481 e. The molecule has 0 fully saturated rings. The van der Waals surface area contributed by atoms with Crippen LogP contribution in [0.1, 0.15) is 12.0 Å². The van der Waals surface area contributed by atoms with Gasteiger partial charge >= 0.3 is 11.7 Å². The van der Waals surface area contributed by atoms with E-state index in [0.29, 0.717) is 6.42 Å². The zero-order valence-electron chi connectivity index (χ0n) is 14.4. The fraction of sp³-hybridized carbons (Fsp3) is 0.0952. The first kappa shape index (κ1) is 16.8. The Morgan fingerprint density at radius 1 is 0.963 bits per heavy atom. The Hall–Kier alpha value is -3.67. The van der Waals surface area contributed by atoms with Gasteiger partial charge in [0.2, 0.25) is 0 Å². The molecule has 3 N–H and O–H groups in total. The quantitative estimate of drug-likeness (QED) is 0.507. The van der Waals surface area contributed by atoms with Crippen LogP contribution in [0.25, 0.3) is 33.3 Å². The highest BCUT2D eigenvalue weighted by atomic mass is 16.4. The topological polar surface area (TPSA) is 98.8 Å². The SMILES string of the molecule is O=C(O)CCc1cc(-c2cccnc2)ccc1-c1ccc2[nH]c(=O)[nH]c2c1. The van der Waals surface area contributed by atoms with Crippen molar-refractivity contribution in [3.8, 4) is 22.3 Å². The lowest BCUT2D eigenvalue weighted by atomic mass is 9.93. The molecule has 4 rings (SSSR count). The van der Waals surface area contributed by atoms with Gasteiger partial charge in [-0.15, -0.1) is 0 Å². The Morgan fingerprint density at radius 2 is 1.78 bits per heavy atom. The number of carboxylic acid groups (broad SMARTS) is 1. The van der Waals surface area contributed by atoms with E-state index >= 15 is 0 Å². The molecule has 0 radical (unpaired) electrons. The average molecular weight is 359 g/mol. The number of carboxylic acids is 1. The van der Waals surface area contributed by atoms with Crippen molar-refractivity contribution in [2.24, 2.45) is 0 Å². The van der Waals surface area contributed by atoms with Crippen molar-refractivity contribution in [1.29, 1.82) is 0 Å². The van der Waals surface area contributed by atoms with Gasteiger partial charge in [-0.1, -0.05) is 30.3 Å². The summed E-state index contributed by atoms with van der Waals surface area (Å²) in [6.07, 6.45) is 3.97. The van der Waals surface area contributed by atoms with Crippen molar-refractivity contribution in [3.05, 3.63) is 77.0 Å². The van der Waals surface area contributed by atoms with E-state index in [-0.39, 0.29) is 12.1 Å². The van der Waals surface area contributed by atoms with E-state index in [1.807, 2.05) is 48.5 Å². The van der Waals surface area contributed by atoms with E-state index < -0.39 is 5.97 Å². The van der Waals surface area contributed by atoms with Crippen LogP contribution in [0, 0.1) is 0 Å². The highest BCUT2D eigenvalue weighted by Crippen LogP contribution is 2.31. The summed E-state index contributed by atoms with van der Waals surface area (Å²) in [5.74, 6) is -0.835. The van der Waals surface area contributed by atoms with Crippen LogP contribution < -0.4 is 5.69 Å². The van der Waals surface area contributed by atoms with Gasteiger partial charge in [0, 0.05) is 18.8 Å². The molecule has 0 spiro atoms. The minimum absolute atomic E-state index is 0.0483. The molecule has 0 unspecified atom stereocenters. The van der Waals surface area contributed by atoms with E-state index in [1.165, 1.54) is 0 Å². The zero-order valence-corrected chi connectivity index (χ0v) is 14.4. The zero-order chi connectivity index (χ0) is 18.8. The summed E-state index contributed by atoms with van der Waals surface area (Å²) in [7, 11) is 0. The summed E-state index contributed by atoms with van der Waals surface area (Å²) < 4.78 is 0. The predicted molar refractivity (Wildman–Crippen MR) is 104 cm³/mol.